The lowest BCUT2D eigenvalue weighted by molar-refractivity contribution is 0.709. The van der Waals surface area contributed by atoms with E-state index in [4.69, 9.17) is 5.73 Å². The van der Waals surface area contributed by atoms with Gasteiger partial charge in [-0.15, -0.1) is 0 Å². The smallest absolute Gasteiger partial charge is 0.142 e. The Bertz CT molecular complexity index is 724. The number of pyridine rings is 1. The van der Waals surface area contributed by atoms with E-state index in [1.54, 1.807) is 0 Å². The molecule has 0 amide bonds. The summed E-state index contributed by atoms with van der Waals surface area (Å²) in [5.74, 6) is 0.373. The lowest BCUT2D eigenvalue weighted by Gasteiger charge is -2.16. The van der Waals surface area contributed by atoms with Crippen molar-refractivity contribution in [3.05, 3.63) is 46.6 Å². The van der Waals surface area contributed by atoms with E-state index in [2.05, 4.69) is 42.2 Å². The van der Waals surface area contributed by atoms with Crippen LogP contribution in [0.2, 0.25) is 0 Å². The molecule has 112 valence electrons. The molecule has 0 spiro atoms. The first kappa shape index (κ1) is 14.6. The van der Waals surface area contributed by atoms with E-state index in [0.717, 1.165) is 48.9 Å². The Balaban J connectivity index is 2.23. The second-order valence-electron chi connectivity index (χ2n) is 5.90. The van der Waals surface area contributed by atoms with Crippen molar-refractivity contribution < 1.29 is 0 Å². The minimum Gasteiger partial charge on any atom is -0.383 e. The fraction of sp³-hybridized carbons (Fsp3) is 0.368. The van der Waals surface area contributed by atoms with Crippen LogP contribution in [0.15, 0.2) is 24.3 Å². The highest BCUT2D eigenvalue weighted by molar-refractivity contribution is 5.79. The molecule has 1 heterocycles. The summed E-state index contributed by atoms with van der Waals surface area (Å²) in [5, 5.41) is 9.56. The second-order valence-corrected chi connectivity index (χ2v) is 5.90. The van der Waals surface area contributed by atoms with Crippen LogP contribution in [0.4, 0.5) is 5.82 Å². The molecule has 1 aromatic heterocycles. The van der Waals surface area contributed by atoms with Crippen LogP contribution < -0.4 is 5.73 Å². The molecule has 1 aliphatic rings. The summed E-state index contributed by atoms with van der Waals surface area (Å²) in [5.41, 5.74) is 12.3. The molecule has 0 fully saturated rings. The molecule has 0 saturated heterocycles. The van der Waals surface area contributed by atoms with Crippen LogP contribution in [0.1, 0.15) is 48.6 Å². The molecule has 2 aromatic rings. The highest BCUT2D eigenvalue weighted by Crippen LogP contribution is 2.35. The van der Waals surface area contributed by atoms with Gasteiger partial charge in [0, 0.05) is 11.3 Å². The van der Waals surface area contributed by atoms with Crippen molar-refractivity contribution in [2.24, 2.45) is 0 Å². The van der Waals surface area contributed by atoms with E-state index >= 15 is 0 Å². The van der Waals surface area contributed by atoms with Crippen LogP contribution in [0.25, 0.3) is 11.1 Å². The fourth-order valence-corrected chi connectivity index (χ4v) is 3.28. The van der Waals surface area contributed by atoms with E-state index in [1.165, 1.54) is 17.5 Å². The highest BCUT2D eigenvalue weighted by Gasteiger charge is 2.20. The minimum atomic E-state index is 0.373. The molecule has 2 N–H and O–H groups in total. The monoisotopic (exact) mass is 291 g/mol. The first-order chi connectivity index (χ1) is 10.7. The topological polar surface area (TPSA) is 62.7 Å². The first-order valence-electron chi connectivity index (χ1n) is 8.05. The van der Waals surface area contributed by atoms with Crippen molar-refractivity contribution in [1.29, 1.82) is 5.26 Å². The van der Waals surface area contributed by atoms with Crippen LogP contribution >= 0.6 is 0 Å². The zero-order chi connectivity index (χ0) is 15.5. The summed E-state index contributed by atoms with van der Waals surface area (Å²) < 4.78 is 0. The minimum absolute atomic E-state index is 0.373. The Morgan fingerprint density at radius 2 is 1.86 bits per heavy atom. The zero-order valence-electron chi connectivity index (χ0n) is 13.0. The van der Waals surface area contributed by atoms with Gasteiger partial charge in [0.25, 0.3) is 0 Å². The largest absolute Gasteiger partial charge is 0.383 e. The third kappa shape index (κ3) is 2.57. The average molecular weight is 291 g/mol. The number of aryl methyl sites for hydroxylation is 2. The van der Waals surface area contributed by atoms with Crippen molar-refractivity contribution in [3.63, 3.8) is 0 Å². The Hall–Kier alpha value is -2.34. The number of fused-ring (bicyclic) bond motifs is 1. The number of benzene rings is 1. The number of nitrogens with zero attached hydrogens (tertiary/aromatic N) is 2. The number of rotatable bonds is 2. The van der Waals surface area contributed by atoms with E-state index in [0.29, 0.717) is 11.4 Å². The van der Waals surface area contributed by atoms with Gasteiger partial charge in [-0.1, -0.05) is 37.6 Å². The lowest BCUT2D eigenvalue weighted by atomic mass is 9.91. The molecule has 22 heavy (non-hydrogen) atoms. The number of hydrogen-bond donors (Lipinski definition) is 1. The van der Waals surface area contributed by atoms with E-state index < -0.39 is 0 Å². The average Bonchev–Trinajstić information content (AvgIpc) is 2.78. The molecular weight excluding hydrogens is 270 g/mol. The quantitative estimate of drug-likeness (QED) is 0.849. The molecule has 0 radical (unpaired) electrons. The molecule has 3 rings (SSSR count). The van der Waals surface area contributed by atoms with Gasteiger partial charge in [0.05, 0.1) is 0 Å². The van der Waals surface area contributed by atoms with Gasteiger partial charge in [-0.3, -0.25) is 0 Å². The Morgan fingerprint density at radius 1 is 1.14 bits per heavy atom. The first-order valence-corrected chi connectivity index (χ1v) is 8.05. The number of aromatic nitrogens is 1. The fourth-order valence-electron chi connectivity index (χ4n) is 3.28. The third-order valence-electron chi connectivity index (χ3n) is 4.51. The maximum atomic E-state index is 9.56. The summed E-state index contributed by atoms with van der Waals surface area (Å²) in [6, 6.07) is 10.8. The molecule has 3 nitrogen and oxygen atoms in total. The van der Waals surface area contributed by atoms with E-state index in [1.807, 2.05) is 0 Å². The van der Waals surface area contributed by atoms with Gasteiger partial charge in [0.1, 0.15) is 17.5 Å². The van der Waals surface area contributed by atoms with Crippen molar-refractivity contribution in [3.8, 4) is 17.2 Å². The summed E-state index contributed by atoms with van der Waals surface area (Å²) in [6.45, 7) is 2.15. The van der Waals surface area contributed by atoms with Crippen molar-refractivity contribution in [1.82, 2.24) is 4.98 Å². The lowest BCUT2D eigenvalue weighted by Crippen LogP contribution is -2.07. The van der Waals surface area contributed by atoms with Gasteiger partial charge < -0.3 is 5.73 Å². The molecule has 1 aromatic carbocycles. The van der Waals surface area contributed by atoms with E-state index in [-0.39, 0.29) is 0 Å². The number of nitriles is 1. The third-order valence-corrected chi connectivity index (χ3v) is 4.51. The number of hydrogen-bond acceptors (Lipinski definition) is 3. The SMILES string of the molecule is CCc1ccc(-c2c(C#N)c(N)nc3c2CCCCC3)cc1. The van der Waals surface area contributed by atoms with Crippen LogP contribution in [0.5, 0.6) is 0 Å². The maximum absolute atomic E-state index is 9.56. The molecule has 3 heteroatoms. The van der Waals surface area contributed by atoms with Gasteiger partial charge in [-0.25, -0.2) is 4.98 Å². The summed E-state index contributed by atoms with van der Waals surface area (Å²) in [7, 11) is 0. The predicted molar refractivity (Wildman–Crippen MR) is 89.4 cm³/mol. The number of nitrogen functional groups attached to an aromatic ring is 1. The van der Waals surface area contributed by atoms with Crippen molar-refractivity contribution >= 4 is 5.82 Å². The van der Waals surface area contributed by atoms with Gasteiger partial charge in [0.15, 0.2) is 0 Å². The van der Waals surface area contributed by atoms with Gasteiger partial charge in [-0.05, 0) is 48.8 Å². The molecule has 0 saturated carbocycles. The van der Waals surface area contributed by atoms with Crippen molar-refractivity contribution in [2.75, 3.05) is 5.73 Å². The van der Waals surface area contributed by atoms with Gasteiger partial charge in [0.2, 0.25) is 0 Å². The Morgan fingerprint density at radius 3 is 2.55 bits per heavy atom. The standard InChI is InChI=1S/C19H21N3/c1-2-13-8-10-14(11-9-13)18-15-6-4-3-5-7-17(15)22-19(21)16(18)12-20/h8-11H,2-7H2,1H3,(H2,21,22). The normalized spacial score (nSPS) is 14.0. The maximum Gasteiger partial charge on any atom is 0.142 e. The van der Waals surface area contributed by atoms with Gasteiger partial charge >= 0.3 is 0 Å². The van der Waals surface area contributed by atoms with Crippen LogP contribution in [0.3, 0.4) is 0 Å². The van der Waals surface area contributed by atoms with E-state index in [9.17, 15) is 5.26 Å². The number of anilines is 1. The predicted octanol–water partition coefficient (Wildman–Crippen LogP) is 4.03. The molecular formula is C19H21N3. The second kappa shape index (κ2) is 6.19. The Labute approximate surface area is 131 Å². The summed E-state index contributed by atoms with van der Waals surface area (Å²) in [4.78, 5) is 4.52. The molecule has 0 unspecified atom stereocenters. The molecule has 1 aliphatic carbocycles. The van der Waals surface area contributed by atoms with Gasteiger partial charge in [-0.2, -0.15) is 5.26 Å². The van der Waals surface area contributed by atoms with Crippen molar-refractivity contribution in [2.45, 2.75) is 45.4 Å². The highest BCUT2D eigenvalue weighted by atomic mass is 14.9. The number of nitrogens with two attached hydrogens (primary N) is 1. The molecule has 0 atom stereocenters. The molecule has 0 bridgehead atoms. The summed E-state index contributed by atoms with van der Waals surface area (Å²) in [6.07, 6.45) is 6.49. The van der Waals surface area contributed by atoms with Crippen LogP contribution in [-0.2, 0) is 19.3 Å². The molecule has 0 aliphatic heterocycles. The van der Waals surface area contributed by atoms with Crippen LogP contribution in [-0.4, -0.2) is 4.98 Å². The zero-order valence-corrected chi connectivity index (χ0v) is 13.0. The summed E-state index contributed by atoms with van der Waals surface area (Å²) >= 11 is 0. The Kier molecular flexibility index (Phi) is 4.11. The van der Waals surface area contributed by atoms with Crippen LogP contribution in [0, 0.1) is 11.3 Å².